The first-order chi connectivity index (χ1) is 12.1. The zero-order chi connectivity index (χ0) is 17.6. The molecule has 4 N–H and O–H groups in total. The first-order valence-electron chi connectivity index (χ1n) is 8.65. The van der Waals surface area contributed by atoms with Crippen LogP contribution in [0.3, 0.4) is 0 Å². The summed E-state index contributed by atoms with van der Waals surface area (Å²) in [6.45, 7) is 0. The van der Waals surface area contributed by atoms with Crippen LogP contribution in [0.1, 0.15) is 36.0 Å². The van der Waals surface area contributed by atoms with Gasteiger partial charge in [-0.15, -0.1) is 0 Å². The summed E-state index contributed by atoms with van der Waals surface area (Å²) in [5.74, 6) is -0.191. The van der Waals surface area contributed by atoms with Crippen LogP contribution in [0.4, 0.5) is 11.4 Å². The van der Waals surface area contributed by atoms with Crippen molar-refractivity contribution in [1.29, 1.82) is 0 Å². The second-order valence-electron chi connectivity index (χ2n) is 6.51. The van der Waals surface area contributed by atoms with Gasteiger partial charge in [0.05, 0.1) is 0 Å². The van der Waals surface area contributed by atoms with Gasteiger partial charge in [0.25, 0.3) is 5.91 Å². The van der Waals surface area contributed by atoms with Crippen molar-refractivity contribution in [2.45, 2.75) is 31.7 Å². The number of carbonyl (C=O) groups excluding carboxylic acids is 2. The highest BCUT2D eigenvalue weighted by molar-refractivity contribution is 6.04. The average Bonchev–Trinajstić information content (AvgIpc) is 2.63. The molecule has 2 unspecified atom stereocenters. The van der Waals surface area contributed by atoms with Crippen LogP contribution >= 0.6 is 0 Å². The van der Waals surface area contributed by atoms with E-state index in [-0.39, 0.29) is 23.8 Å². The summed E-state index contributed by atoms with van der Waals surface area (Å²) in [6, 6.07) is 16.3. The van der Waals surface area contributed by atoms with E-state index in [4.69, 9.17) is 5.73 Å². The van der Waals surface area contributed by atoms with Gasteiger partial charge >= 0.3 is 0 Å². The van der Waals surface area contributed by atoms with Crippen LogP contribution in [0.15, 0.2) is 54.6 Å². The van der Waals surface area contributed by atoms with Crippen molar-refractivity contribution in [3.05, 3.63) is 60.2 Å². The highest BCUT2D eigenvalue weighted by Crippen LogP contribution is 2.24. The Kier molecular flexibility index (Phi) is 5.46. The molecule has 5 nitrogen and oxygen atoms in total. The third kappa shape index (κ3) is 4.67. The molecule has 1 aliphatic rings. The van der Waals surface area contributed by atoms with Crippen LogP contribution in [0, 0.1) is 5.92 Å². The van der Waals surface area contributed by atoms with E-state index in [1.807, 2.05) is 30.3 Å². The maximum Gasteiger partial charge on any atom is 0.255 e. The van der Waals surface area contributed by atoms with E-state index in [2.05, 4.69) is 10.6 Å². The summed E-state index contributed by atoms with van der Waals surface area (Å²) in [7, 11) is 0. The monoisotopic (exact) mass is 337 g/mol. The molecule has 0 saturated heterocycles. The van der Waals surface area contributed by atoms with E-state index < -0.39 is 0 Å². The second kappa shape index (κ2) is 7.94. The maximum atomic E-state index is 12.3. The van der Waals surface area contributed by atoms with Crippen molar-refractivity contribution in [1.82, 2.24) is 0 Å². The minimum atomic E-state index is -0.178. The molecule has 1 aliphatic carbocycles. The number of hydrogen-bond donors (Lipinski definition) is 3. The lowest BCUT2D eigenvalue weighted by Gasteiger charge is -2.25. The summed E-state index contributed by atoms with van der Waals surface area (Å²) < 4.78 is 0. The molecule has 5 heteroatoms. The molecular weight excluding hydrogens is 314 g/mol. The highest BCUT2D eigenvalue weighted by Gasteiger charge is 2.25. The van der Waals surface area contributed by atoms with Gasteiger partial charge in [-0.05, 0) is 55.7 Å². The summed E-state index contributed by atoms with van der Waals surface area (Å²) in [4.78, 5) is 24.5. The fraction of sp³-hybridized carbons (Fsp3) is 0.300. The molecule has 0 heterocycles. The highest BCUT2D eigenvalue weighted by atomic mass is 16.2. The predicted molar refractivity (Wildman–Crippen MR) is 99.4 cm³/mol. The van der Waals surface area contributed by atoms with E-state index in [0.717, 1.165) is 31.4 Å². The molecule has 25 heavy (non-hydrogen) atoms. The number of amides is 2. The lowest BCUT2D eigenvalue weighted by atomic mass is 9.85. The molecule has 3 rings (SSSR count). The Hall–Kier alpha value is -2.66. The van der Waals surface area contributed by atoms with E-state index in [1.54, 1.807) is 24.3 Å². The fourth-order valence-electron chi connectivity index (χ4n) is 3.14. The molecule has 2 atom stereocenters. The van der Waals surface area contributed by atoms with Crippen LogP contribution in [0.25, 0.3) is 0 Å². The van der Waals surface area contributed by atoms with E-state index in [9.17, 15) is 9.59 Å². The zero-order valence-corrected chi connectivity index (χ0v) is 14.1. The van der Waals surface area contributed by atoms with Crippen molar-refractivity contribution < 1.29 is 9.59 Å². The number of hydrogen-bond acceptors (Lipinski definition) is 3. The Morgan fingerprint density at radius 1 is 0.880 bits per heavy atom. The Morgan fingerprint density at radius 2 is 1.56 bits per heavy atom. The molecule has 2 aromatic rings. The number of benzene rings is 2. The normalized spacial score (nSPS) is 19.9. The maximum absolute atomic E-state index is 12.3. The Morgan fingerprint density at radius 3 is 2.24 bits per heavy atom. The number of anilines is 2. The second-order valence-corrected chi connectivity index (χ2v) is 6.51. The molecule has 130 valence electrons. The van der Waals surface area contributed by atoms with Crippen LogP contribution in [0.5, 0.6) is 0 Å². The lowest BCUT2D eigenvalue weighted by Crippen LogP contribution is -2.34. The number of carbonyl (C=O) groups is 2. The smallest absolute Gasteiger partial charge is 0.255 e. The van der Waals surface area contributed by atoms with Gasteiger partial charge < -0.3 is 16.4 Å². The fourth-order valence-corrected chi connectivity index (χ4v) is 3.14. The van der Waals surface area contributed by atoms with Crippen molar-refractivity contribution in [2.24, 2.45) is 11.7 Å². The van der Waals surface area contributed by atoms with Crippen molar-refractivity contribution >= 4 is 23.2 Å². The van der Waals surface area contributed by atoms with Gasteiger partial charge in [-0.3, -0.25) is 9.59 Å². The third-order valence-electron chi connectivity index (χ3n) is 4.53. The number of rotatable bonds is 4. The summed E-state index contributed by atoms with van der Waals surface area (Å²) in [6.07, 6.45) is 3.62. The standard InChI is InChI=1S/C20H23N3O2/c21-16-6-4-5-15(13-16)20(25)23-18-11-9-14(10-12-18)19(24)22-17-7-2-1-3-8-17/h1-3,7-12,15-16H,4-6,13,21H2,(H,22,24)(H,23,25). The first-order valence-corrected chi connectivity index (χ1v) is 8.65. The third-order valence-corrected chi connectivity index (χ3v) is 4.53. The zero-order valence-electron chi connectivity index (χ0n) is 14.1. The number of para-hydroxylation sites is 1. The molecule has 0 aliphatic heterocycles. The van der Waals surface area contributed by atoms with Gasteiger partial charge in [0, 0.05) is 28.9 Å². The molecule has 0 aromatic heterocycles. The number of nitrogens with two attached hydrogens (primary N) is 1. The molecule has 0 radical (unpaired) electrons. The van der Waals surface area contributed by atoms with Crippen LogP contribution in [-0.2, 0) is 4.79 Å². The Labute approximate surface area is 147 Å². The SMILES string of the molecule is NC1CCCC(C(=O)Nc2ccc(C(=O)Nc3ccccc3)cc2)C1. The molecule has 2 aromatic carbocycles. The summed E-state index contributed by atoms with van der Waals surface area (Å²) in [5, 5.41) is 5.76. The largest absolute Gasteiger partial charge is 0.328 e. The Balaban J connectivity index is 1.58. The van der Waals surface area contributed by atoms with Gasteiger partial charge in [0.15, 0.2) is 0 Å². The van der Waals surface area contributed by atoms with Crippen molar-refractivity contribution in [3.63, 3.8) is 0 Å². The quantitative estimate of drug-likeness (QED) is 0.799. The minimum absolute atomic E-state index is 0.0108. The van der Waals surface area contributed by atoms with Gasteiger partial charge in [0.2, 0.25) is 5.91 Å². The minimum Gasteiger partial charge on any atom is -0.328 e. The van der Waals surface area contributed by atoms with Gasteiger partial charge in [0.1, 0.15) is 0 Å². The van der Waals surface area contributed by atoms with Crippen LogP contribution in [-0.4, -0.2) is 17.9 Å². The molecule has 0 bridgehead atoms. The van der Waals surface area contributed by atoms with E-state index in [1.165, 1.54) is 0 Å². The molecule has 1 fully saturated rings. The topological polar surface area (TPSA) is 84.2 Å². The summed E-state index contributed by atoms with van der Waals surface area (Å²) in [5.41, 5.74) is 7.93. The van der Waals surface area contributed by atoms with Crippen LogP contribution < -0.4 is 16.4 Å². The van der Waals surface area contributed by atoms with Gasteiger partial charge in [-0.1, -0.05) is 24.6 Å². The lowest BCUT2D eigenvalue weighted by molar-refractivity contribution is -0.120. The van der Waals surface area contributed by atoms with Gasteiger partial charge in [-0.2, -0.15) is 0 Å². The van der Waals surface area contributed by atoms with Crippen molar-refractivity contribution in [3.8, 4) is 0 Å². The first kappa shape index (κ1) is 17.2. The molecule has 2 amide bonds. The van der Waals surface area contributed by atoms with Crippen molar-refractivity contribution in [2.75, 3.05) is 10.6 Å². The molecule has 0 spiro atoms. The van der Waals surface area contributed by atoms with E-state index >= 15 is 0 Å². The number of nitrogens with one attached hydrogen (secondary N) is 2. The molecule has 1 saturated carbocycles. The predicted octanol–water partition coefficient (Wildman–Crippen LogP) is 3.39. The summed E-state index contributed by atoms with van der Waals surface area (Å²) >= 11 is 0. The van der Waals surface area contributed by atoms with Gasteiger partial charge in [-0.25, -0.2) is 0 Å². The average molecular weight is 337 g/mol. The van der Waals surface area contributed by atoms with E-state index in [0.29, 0.717) is 11.3 Å². The molecular formula is C20H23N3O2. The Bertz CT molecular complexity index is 728. The van der Waals surface area contributed by atoms with Crippen LogP contribution in [0.2, 0.25) is 0 Å².